The van der Waals surface area contributed by atoms with Gasteiger partial charge >= 0.3 is 0 Å². The molecule has 0 aliphatic heterocycles. The van der Waals surface area contributed by atoms with Gasteiger partial charge in [0.2, 0.25) is 0 Å². The van der Waals surface area contributed by atoms with Gasteiger partial charge in [0.05, 0.1) is 0 Å². The van der Waals surface area contributed by atoms with Crippen LogP contribution < -0.4 is 6.15 Å². The number of rotatable bonds is 0. The van der Waals surface area contributed by atoms with Gasteiger partial charge in [0.15, 0.2) is 0 Å². The van der Waals surface area contributed by atoms with Crippen molar-refractivity contribution in [2.24, 2.45) is 0 Å². The van der Waals surface area contributed by atoms with Gasteiger partial charge in [0.1, 0.15) is 0 Å². The van der Waals surface area contributed by atoms with Gasteiger partial charge in [-0.1, -0.05) is 0 Å². The zero-order chi connectivity index (χ0) is 0. The van der Waals surface area contributed by atoms with Crippen molar-refractivity contribution in [3.63, 3.8) is 0 Å². The van der Waals surface area contributed by atoms with E-state index in [1.807, 2.05) is 0 Å². The summed E-state index contributed by atoms with van der Waals surface area (Å²) in [6, 6.07) is 0. The zero-order valence-corrected chi connectivity index (χ0v) is 7.37. The van der Waals surface area contributed by atoms with Gasteiger partial charge in [0, 0.05) is 52.3 Å². The van der Waals surface area contributed by atoms with Gasteiger partial charge in [-0.05, 0) is 0 Å². The van der Waals surface area contributed by atoms with Crippen LogP contribution in [0.15, 0.2) is 0 Å². The first-order valence-corrected chi connectivity index (χ1v) is 0. The summed E-state index contributed by atoms with van der Waals surface area (Å²) in [5.74, 6) is 0. The van der Waals surface area contributed by atoms with Crippen LogP contribution in [0.4, 0.5) is 0 Å². The van der Waals surface area contributed by atoms with Gasteiger partial charge in [-0.25, -0.2) is 0 Å². The molecule has 0 bridgehead atoms. The molecule has 0 atom stereocenters. The third kappa shape index (κ3) is 9.24. The van der Waals surface area contributed by atoms with E-state index in [0.717, 1.165) is 0 Å². The van der Waals surface area contributed by atoms with Crippen LogP contribution in [-0.2, 0) is 0 Å². The molecular weight excluding hydrogens is 242 g/mol. The third-order valence-corrected chi connectivity index (χ3v) is 0. The minimum absolute atomic E-state index is 0. The summed E-state index contributed by atoms with van der Waals surface area (Å²) in [6.45, 7) is 0. The van der Waals surface area contributed by atoms with Crippen LogP contribution in [0.25, 0.3) is 0 Å². The SMILES string of the molecule is N.[As].[P].[Sb]. The Balaban J connectivity index is 0. The molecule has 4 heavy (non-hydrogen) atoms. The molecular formula is H3AsNPSb. The van der Waals surface area contributed by atoms with E-state index in [2.05, 4.69) is 0 Å². The third-order valence-electron chi connectivity index (χ3n) is 0. The molecule has 0 rings (SSSR count). The second-order valence-electron chi connectivity index (χ2n) is 0. The van der Waals surface area contributed by atoms with Crippen LogP contribution in [0.2, 0.25) is 0 Å². The second-order valence-corrected chi connectivity index (χ2v) is 0. The van der Waals surface area contributed by atoms with E-state index >= 15 is 0 Å². The largest absolute Gasteiger partial charge is 0.344 e. The van der Waals surface area contributed by atoms with E-state index in [9.17, 15) is 0 Å². The van der Waals surface area contributed by atoms with Crippen LogP contribution in [-0.4, -0.2) is 42.4 Å². The van der Waals surface area contributed by atoms with E-state index in [4.69, 9.17) is 0 Å². The predicted molar refractivity (Wildman–Crippen MR) is 23.5 cm³/mol. The summed E-state index contributed by atoms with van der Waals surface area (Å²) in [4.78, 5) is 0. The maximum Gasteiger partial charge on any atom is 0 e. The van der Waals surface area contributed by atoms with Crippen LogP contribution in [0.1, 0.15) is 0 Å². The molecule has 0 fully saturated rings. The molecule has 3 N–H and O–H groups in total. The van der Waals surface area contributed by atoms with Crippen LogP contribution in [0, 0.1) is 0 Å². The Morgan fingerprint density at radius 1 is 1.00 bits per heavy atom. The van der Waals surface area contributed by atoms with Gasteiger partial charge in [-0.3, -0.25) is 0 Å². The molecule has 0 unspecified atom stereocenters. The van der Waals surface area contributed by atoms with E-state index in [1.54, 1.807) is 0 Å². The smallest absolute Gasteiger partial charge is 0 e. The van der Waals surface area contributed by atoms with Crippen molar-refractivity contribution in [2.75, 3.05) is 0 Å². The first-order chi connectivity index (χ1) is 0. The molecule has 0 saturated carbocycles. The average Bonchev–Trinajstić information content (AvgIpc) is 0. The van der Waals surface area contributed by atoms with Crippen LogP contribution in [0.3, 0.4) is 0 Å². The van der Waals surface area contributed by atoms with Crippen molar-refractivity contribution in [3.8, 4) is 0 Å². The predicted octanol–water partition coefficient (Wildman–Crippen LogP) is 0.262. The van der Waals surface area contributed by atoms with Crippen LogP contribution in [0.5, 0.6) is 0 Å². The fourth-order valence-corrected chi connectivity index (χ4v) is 0. The molecule has 0 aromatic heterocycles. The molecule has 1 nitrogen and oxygen atoms in total. The Morgan fingerprint density at radius 2 is 1.00 bits per heavy atom. The quantitative estimate of drug-likeness (QED) is 0.482. The van der Waals surface area contributed by atoms with Gasteiger partial charge in [0.25, 0.3) is 0 Å². The first-order valence-electron chi connectivity index (χ1n) is 0. The molecule has 0 aromatic rings. The minimum Gasteiger partial charge on any atom is -0.344 e. The van der Waals surface area contributed by atoms with Crippen molar-refractivity contribution in [3.05, 3.63) is 0 Å². The Morgan fingerprint density at radius 3 is 1.00 bits per heavy atom. The standard InChI is InChI=1S/As.H3N.P.Sb/h;1H3;;. The Kier molecular flexibility index (Phi) is 227. The normalized spacial score (nSPS) is 0. The van der Waals surface area contributed by atoms with E-state index in [-0.39, 0.29) is 58.4 Å². The molecule has 4 heteroatoms. The maximum absolute atomic E-state index is 0. The fraction of sp³-hybridized carbons (Fsp3) is 0. The fourth-order valence-electron chi connectivity index (χ4n) is 0. The second kappa shape index (κ2) is 21.7. The Labute approximate surface area is 58.3 Å². The van der Waals surface area contributed by atoms with Crippen molar-refractivity contribution < 1.29 is 0 Å². The topological polar surface area (TPSA) is 35.0 Å². The summed E-state index contributed by atoms with van der Waals surface area (Å²) >= 11 is 0. The average molecular weight is 245 g/mol. The molecule has 0 aliphatic rings. The first kappa shape index (κ1) is 42.0. The summed E-state index contributed by atoms with van der Waals surface area (Å²) in [7, 11) is 0. The molecule has 0 aliphatic carbocycles. The van der Waals surface area contributed by atoms with Crippen molar-refractivity contribution >= 4 is 52.3 Å². The monoisotopic (exact) mass is 244 g/mol. The molecule has 23 valence electrons. The molecule has 0 aromatic carbocycles. The summed E-state index contributed by atoms with van der Waals surface area (Å²) in [6.07, 6.45) is 0. The van der Waals surface area contributed by atoms with Gasteiger partial charge < -0.3 is 6.15 Å². The van der Waals surface area contributed by atoms with Crippen molar-refractivity contribution in [1.29, 1.82) is 0 Å². The number of hydrogen-bond acceptors (Lipinski definition) is 1. The Hall–Kier alpha value is 1.77. The molecule has 0 heterocycles. The molecule has 0 spiro atoms. The Bertz CT molecular complexity index is 8.00. The van der Waals surface area contributed by atoms with Gasteiger partial charge in [-0.2, -0.15) is 0 Å². The maximum atomic E-state index is 0. The minimum atomic E-state index is 0. The zero-order valence-electron chi connectivity index (χ0n) is 2.05. The van der Waals surface area contributed by atoms with E-state index in [0.29, 0.717) is 0 Å². The summed E-state index contributed by atoms with van der Waals surface area (Å²) < 4.78 is 0. The van der Waals surface area contributed by atoms with Crippen LogP contribution >= 0.6 is 9.90 Å². The summed E-state index contributed by atoms with van der Waals surface area (Å²) in [5, 5.41) is 0. The van der Waals surface area contributed by atoms with Gasteiger partial charge in [-0.15, -0.1) is 0 Å². The molecule has 9 radical (unpaired) electrons. The number of hydrogen-bond donors (Lipinski definition) is 1. The summed E-state index contributed by atoms with van der Waals surface area (Å²) in [5.41, 5.74) is 0. The van der Waals surface area contributed by atoms with Crippen molar-refractivity contribution in [2.45, 2.75) is 0 Å². The van der Waals surface area contributed by atoms with Crippen molar-refractivity contribution in [1.82, 2.24) is 6.15 Å². The molecule has 0 amide bonds. The van der Waals surface area contributed by atoms with E-state index < -0.39 is 0 Å². The van der Waals surface area contributed by atoms with E-state index in [1.165, 1.54) is 0 Å². The molecule has 0 saturated heterocycles.